The first kappa shape index (κ1) is 76.1. The Morgan fingerprint density at radius 3 is 0.872 bits per heavy atom. The Balaban J connectivity index is 5.19. The van der Waals surface area contributed by atoms with E-state index in [0.29, 0.717) is 31.6 Å². The molecule has 2 unspecified atom stereocenters. The number of unbranched alkanes of at least 4 members (excludes halogenated alkanes) is 28. The van der Waals surface area contributed by atoms with Gasteiger partial charge in [0.05, 0.1) is 26.4 Å². The van der Waals surface area contributed by atoms with Crippen LogP contribution in [0.15, 0.2) is 0 Å². The van der Waals surface area contributed by atoms with Gasteiger partial charge in [-0.3, -0.25) is 37.3 Å². The highest BCUT2D eigenvalue weighted by molar-refractivity contribution is 7.47. The summed E-state index contributed by atoms with van der Waals surface area (Å²) >= 11 is 0. The molecule has 0 aliphatic rings. The second-order valence-corrected chi connectivity index (χ2v) is 25.2. The largest absolute Gasteiger partial charge is 0.472 e. The molecule has 0 fully saturated rings. The Morgan fingerprint density at radius 1 is 0.346 bits per heavy atom. The number of ether oxygens (including phenoxy) is 4. The van der Waals surface area contributed by atoms with E-state index >= 15 is 0 Å². The Bertz CT molecular complexity index is 1550. The Morgan fingerprint density at radius 2 is 0.590 bits per heavy atom. The first-order chi connectivity index (χ1) is 37.4. The lowest BCUT2D eigenvalue weighted by Crippen LogP contribution is -2.30. The van der Waals surface area contributed by atoms with Gasteiger partial charge in [0.15, 0.2) is 12.2 Å². The molecule has 0 rings (SSSR count). The summed E-state index contributed by atoms with van der Waals surface area (Å²) in [5.41, 5.74) is 0. The average molecular weight is 1160 g/mol. The number of hydrogen-bond donors (Lipinski definition) is 3. The van der Waals surface area contributed by atoms with Gasteiger partial charge in [-0.15, -0.1) is 0 Å². The first-order valence-electron chi connectivity index (χ1n) is 31.0. The topological polar surface area (TPSA) is 237 Å². The van der Waals surface area contributed by atoms with Crippen LogP contribution in [0.4, 0.5) is 0 Å². The lowest BCUT2D eigenvalue weighted by atomic mass is 10.0. The molecule has 0 aliphatic carbocycles. The van der Waals surface area contributed by atoms with Crippen LogP contribution >= 0.6 is 15.6 Å². The fourth-order valence-corrected chi connectivity index (χ4v) is 10.2. The maximum absolute atomic E-state index is 12.9. The van der Waals surface area contributed by atoms with Crippen LogP contribution in [0.5, 0.6) is 0 Å². The highest BCUT2D eigenvalue weighted by Crippen LogP contribution is 2.45. The van der Waals surface area contributed by atoms with Crippen molar-refractivity contribution in [1.29, 1.82) is 0 Å². The monoisotopic (exact) mass is 1160 g/mol. The zero-order chi connectivity index (χ0) is 58.0. The van der Waals surface area contributed by atoms with E-state index < -0.39 is 97.5 Å². The van der Waals surface area contributed by atoms with Gasteiger partial charge in [0.2, 0.25) is 0 Å². The SMILES string of the molecule is CCCCCCCCCCCCCCCC(=O)O[C@H](COC(=O)CCCCCCCCCCC(C)C)COP(=O)(O)OC[C@@H](O)COP(=O)(O)OC[C@@H](COC(=O)CCCCCCC)OC(=O)CCCCCCCCC(C)C. The van der Waals surface area contributed by atoms with E-state index in [4.69, 9.17) is 37.0 Å². The molecule has 78 heavy (non-hydrogen) atoms. The molecule has 19 heteroatoms. The van der Waals surface area contributed by atoms with Crippen molar-refractivity contribution in [3.05, 3.63) is 0 Å². The van der Waals surface area contributed by atoms with E-state index in [1.165, 1.54) is 96.3 Å². The van der Waals surface area contributed by atoms with Gasteiger partial charge in [-0.1, -0.05) is 234 Å². The molecular weight excluding hydrogens is 1040 g/mol. The van der Waals surface area contributed by atoms with Crippen LogP contribution in [0.1, 0.15) is 286 Å². The fraction of sp³-hybridized carbons (Fsp3) is 0.932. The van der Waals surface area contributed by atoms with E-state index in [2.05, 4.69) is 41.5 Å². The molecule has 0 aromatic carbocycles. The summed E-state index contributed by atoms with van der Waals surface area (Å²) in [6.07, 6.45) is 32.6. The van der Waals surface area contributed by atoms with Crippen LogP contribution in [0, 0.1) is 11.8 Å². The third kappa shape index (κ3) is 53.4. The van der Waals surface area contributed by atoms with E-state index in [-0.39, 0.29) is 25.7 Å². The normalized spacial score (nSPS) is 14.4. The van der Waals surface area contributed by atoms with Crippen molar-refractivity contribution in [2.24, 2.45) is 11.8 Å². The van der Waals surface area contributed by atoms with Crippen molar-refractivity contribution >= 4 is 39.5 Å². The standard InChI is InChI=1S/C59H114O17P2/c1-7-9-11-13-14-15-16-17-18-19-24-31-37-43-58(63)75-55(48-70-57(62)42-36-30-23-21-20-22-28-33-39-51(3)4)50-74-78(67,68)72-46-53(60)45-71-77(65,66)73-49-54(47-69-56(61)41-35-27-12-10-8-2)76-59(64)44-38-32-26-25-29-34-40-52(5)6/h51-55,60H,7-50H2,1-6H3,(H,65,66)(H,67,68)/t53-,54+,55+/m0/s1. The van der Waals surface area contributed by atoms with Gasteiger partial charge in [-0.2, -0.15) is 0 Å². The van der Waals surface area contributed by atoms with Gasteiger partial charge < -0.3 is 33.8 Å². The van der Waals surface area contributed by atoms with Gasteiger partial charge in [0.25, 0.3) is 0 Å². The Kier molecular flexibility index (Phi) is 50.6. The number of aliphatic hydroxyl groups is 1. The van der Waals surface area contributed by atoms with E-state index in [1.807, 2.05) is 0 Å². The highest BCUT2D eigenvalue weighted by Gasteiger charge is 2.30. The molecule has 0 aromatic heterocycles. The molecule has 0 heterocycles. The van der Waals surface area contributed by atoms with E-state index in [1.54, 1.807) is 0 Å². The van der Waals surface area contributed by atoms with Crippen LogP contribution in [0.3, 0.4) is 0 Å². The zero-order valence-electron chi connectivity index (χ0n) is 50.0. The lowest BCUT2D eigenvalue weighted by molar-refractivity contribution is -0.161. The number of rotatable bonds is 58. The quantitative estimate of drug-likeness (QED) is 0.0222. The van der Waals surface area contributed by atoms with Gasteiger partial charge in [-0.05, 0) is 37.5 Å². The molecule has 0 amide bonds. The molecule has 0 bridgehead atoms. The van der Waals surface area contributed by atoms with Crippen molar-refractivity contribution in [2.45, 2.75) is 304 Å². The lowest BCUT2D eigenvalue weighted by Gasteiger charge is -2.21. The third-order valence-corrected chi connectivity index (χ3v) is 15.4. The number of hydrogen-bond acceptors (Lipinski definition) is 15. The van der Waals surface area contributed by atoms with Crippen molar-refractivity contribution in [1.82, 2.24) is 0 Å². The molecule has 17 nitrogen and oxygen atoms in total. The highest BCUT2D eigenvalue weighted by atomic mass is 31.2. The molecule has 5 atom stereocenters. The van der Waals surface area contributed by atoms with Crippen molar-refractivity contribution in [2.75, 3.05) is 39.6 Å². The Hall–Kier alpha value is -1.94. The van der Waals surface area contributed by atoms with Crippen LogP contribution in [0.25, 0.3) is 0 Å². The molecule has 0 radical (unpaired) electrons. The number of carbonyl (C=O) groups is 4. The summed E-state index contributed by atoms with van der Waals surface area (Å²) in [7, 11) is -9.87. The third-order valence-electron chi connectivity index (χ3n) is 13.5. The predicted octanol–water partition coefficient (Wildman–Crippen LogP) is 15.7. The van der Waals surface area contributed by atoms with Crippen molar-refractivity contribution < 1.29 is 80.2 Å². The minimum atomic E-state index is -4.94. The molecule has 0 saturated heterocycles. The molecule has 0 aliphatic heterocycles. The number of phosphoric acid groups is 2. The minimum Gasteiger partial charge on any atom is -0.462 e. The number of carbonyl (C=O) groups excluding carboxylic acids is 4. The van der Waals surface area contributed by atoms with Gasteiger partial charge in [-0.25, -0.2) is 9.13 Å². The number of esters is 4. The van der Waals surface area contributed by atoms with Crippen LogP contribution in [0.2, 0.25) is 0 Å². The first-order valence-corrected chi connectivity index (χ1v) is 34.0. The zero-order valence-corrected chi connectivity index (χ0v) is 51.7. The molecule has 3 N–H and O–H groups in total. The summed E-state index contributed by atoms with van der Waals surface area (Å²) in [4.78, 5) is 71.7. The molecule has 0 spiro atoms. The van der Waals surface area contributed by atoms with E-state index in [0.717, 1.165) is 102 Å². The molecule has 0 saturated carbocycles. The molecule has 0 aromatic rings. The maximum atomic E-state index is 12.9. The summed E-state index contributed by atoms with van der Waals surface area (Å²) in [6.45, 7) is 9.24. The fourth-order valence-electron chi connectivity index (χ4n) is 8.65. The van der Waals surface area contributed by atoms with Gasteiger partial charge in [0, 0.05) is 25.7 Å². The van der Waals surface area contributed by atoms with Gasteiger partial charge >= 0.3 is 39.5 Å². The summed E-state index contributed by atoms with van der Waals surface area (Å²) < 4.78 is 67.6. The second kappa shape index (κ2) is 51.9. The average Bonchev–Trinajstić information content (AvgIpc) is 3.39. The minimum absolute atomic E-state index is 0.101. The number of phosphoric ester groups is 2. The van der Waals surface area contributed by atoms with Crippen LogP contribution in [-0.2, 0) is 65.4 Å². The molecule has 462 valence electrons. The maximum Gasteiger partial charge on any atom is 0.472 e. The Labute approximate surface area is 473 Å². The van der Waals surface area contributed by atoms with Crippen molar-refractivity contribution in [3.63, 3.8) is 0 Å². The second-order valence-electron chi connectivity index (χ2n) is 22.3. The van der Waals surface area contributed by atoms with Crippen LogP contribution in [-0.4, -0.2) is 96.7 Å². The van der Waals surface area contributed by atoms with Crippen LogP contribution < -0.4 is 0 Å². The van der Waals surface area contributed by atoms with Crippen molar-refractivity contribution in [3.8, 4) is 0 Å². The van der Waals surface area contributed by atoms with Gasteiger partial charge in [0.1, 0.15) is 19.3 Å². The smallest absolute Gasteiger partial charge is 0.462 e. The predicted molar refractivity (Wildman–Crippen MR) is 308 cm³/mol. The summed E-state index contributed by atoms with van der Waals surface area (Å²) in [5.74, 6) is -0.759. The van der Waals surface area contributed by atoms with E-state index in [9.17, 15) is 43.2 Å². The summed E-state index contributed by atoms with van der Waals surface area (Å²) in [6, 6.07) is 0. The number of aliphatic hydroxyl groups excluding tert-OH is 1. The summed E-state index contributed by atoms with van der Waals surface area (Å²) in [5, 5.41) is 10.5. The molecular formula is C59H114O17P2.